The first-order chi connectivity index (χ1) is 10.6. The fourth-order valence-electron chi connectivity index (χ4n) is 3.19. The van der Waals surface area contributed by atoms with Gasteiger partial charge in [0.1, 0.15) is 16.4 Å². The summed E-state index contributed by atoms with van der Waals surface area (Å²) in [6.07, 6.45) is 2.98. The van der Waals surface area contributed by atoms with Gasteiger partial charge in [-0.15, -0.1) is 0 Å². The van der Waals surface area contributed by atoms with E-state index in [-0.39, 0.29) is 0 Å². The average molecular weight is 325 g/mol. The number of nitrogens with zero attached hydrogens (tertiary/aromatic N) is 1. The fourth-order valence-corrected chi connectivity index (χ4v) is 5.24. The van der Waals surface area contributed by atoms with Crippen LogP contribution in [0, 0.1) is 0 Å². The first kappa shape index (κ1) is 15.6. The van der Waals surface area contributed by atoms with Crippen molar-refractivity contribution in [2.24, 2.45) is 0 Å². The largest absolute Gasteiger partial charge is 0.493 e. The Morgan fingerprint density at radius 2 is 1.77 bits per heavy atom. The summed E-state index contributed by atoms with van der Waals surface area (Å²) in [4.78, 5) is 0.358. The van der Waals surface area contributed by atoms with Gasteiger partial charge in [-0.25, -0.2) is 8.42 Å². The lowest BCUT2D eigenvalue weighted by Crippen LogP contribution is -2.33. The lowest BCUT2D eigenvalue weighted by molar-refractivity contribution is 0.344. The Morgan fingerprint density at radius 1 is 1.09 bits per heavy atom. The van der Waals surface area contributed by atoms with E-state index in [1.54, 1.807) is 4.31 Å². The molecular weight excluding hydrogens is 302 g/mol. The van der Waals surface area contributed by atoms with Crippen molar-refractivity contribution in [2.45, 2.75) is 44.4 Å². The van der Waals surface area contributed by atoms with Crippen molar-refractivity contribution in [1.29, 1.82) is 0 Å². The van der Waals surface area contributed by atoms with Crippen LogP contribution in [-0.4, -0.2) is 39.0 Å². The minimum absolute atomic E-state index is 0.358. The Kier molecular flexibility index (Phi) is 4.32. The van der Waals surface area contributed by atoms with Crippen LogP contribution in [0.4, 0.5) is 0 Å². The van der Waals surface area contributed by atoms with E-state index >= 15 is 0 Å². The van der Waals surface area contributed by atoms with Crippen molar-refractivity contribution < 1.29 is 17.9 Å². The first-order valence-corrected chi connectivity index (χ1v) is 9.48. The molecule has 0 spiro atoms. The summed E-state index contributed by atoms with van der Waals surface area (Å²) < 4.78 is 39.3. The summed E-state index contributed by atoms with van der Waals surface area (Å²) in [6, 6.07) is 1.95. The molecule has 122 valence electrons. The number of sulfonamides is 1. The van der Waals surface area contributed by atoms with Crippen molar-refractivity contribution in [3.63, 3.8) is 0 Å². The van der Waals surface area contributed by atoms with Crippen LogP contribution in [0.1, 0.15) is 37.8 Å². The molecule has 0 atom stereocenters. The second-order valence-corrected chi connectivity index (χ2v) is 7.65. The predicted molar refractivity (Wildman–Crippen MR) is 84.2 cm³/mol. The van der Waals surface area contributed by atoms with E-state index in [1.807, 2.05) is 19.9 Å². The Morgan fingerprint density at radius 3 is 2.45 bits per heavy atom. The van der Waals surface area contributed by atoms with E-state index in [9.17, 15) is 8.42 Å². The summed E-state index contributed by atoms with van der Waals surface area (Å²) in [6.45, 7) is 6.16. The molecule has 0 bridgehead atoms. The lowest BCUT2D eigenvalue weighted by Gasteiger charge is -2.23. The van der Waals surface area contributed by atoms with Gasteiger partial charge in [-0.3, -0.25) is 0 Å². The second-order valence-electron chi connectivity index (χ2n) is 5.77. The molecule has 22 heavy (non-hydrogen) atoms. The van der Waals surface area contributed by atoms with Crippen LogP contribution in [0.15, 0.2) is 11.0 Å². The van der Waals surface area contributed by atoms with Gasteiger partial charge in [0.05, 0.1) is 13.2 Å². The number of fused-ring (bicyclic) bond motifs is 2. The van der Waals surface area contributed by atoms with Crippen LogP contribution in [0.3, 0.4) is 0 Å². The van der Waals surface area contributed by atoms with Crippen molar-refractivity contribution in [3.05, 3.63) is 17.2 Å². The highest BCUT2D eigenvalue weighted by Crippen LogP contribution is 2.44. The molecule has 0 aliphatic carbocycles. The molecule has 2 heterocycles. The monoisotopic (exact) mass is 325 g/mol. The van der Waals surface area contributed by atoms with Gasteiger partial charge in [0.15, 0.2) is 0 Å². The summed E-state index contributed by atoms with van der Waals surface area (Å²) in [5.74, 6) is 1.28. The van der Waals surface area contributed by atoms with Crippen LogP contribution in [-0.2, 0) is 22.9 Å². The minimum Gasteiger partial charge on any atom is -0.493 e. The van der Waals surface area contributed by atoms with Crippen molar-refractivity contribution in [3.8, 4) is 11.5 Å². The molecule has 0 radical (unpaired) electrons. The molecule has 0 amide bonds. The van der Waals surface area contributed by atoms with Crippen molar-refractivity contribution in [1.82, 2.24) is 4.31 Å². The van der Waals surface area contributed by atoms with Gasteiger partial charge in [-0.05, 0) is 18.9 Å². The standard InChI is InChI=1S/C16H23NO4S/c1-3-7-17(8-4-2)22(18,19)16-13-6-10-20-14(13)11-12-5-9-21-15(12)16/h11H,3-10H2,1-2H3. The zero-order valence-corrected chi connectivity index (χ0v) is 14.0. The van der Waals surface area contributed by atoms with E-state index in [0.717, 1.165) is 36.1 Å². The van der Waals surface area contributed by atoms with E-state index in [1.165, 1.54) is 0 Å². The number of hydrogen-bond donors (Lipinski definition) is 0. The quantitative estimate of drug-likeness (QED) is 0.806. The van der Waals surface area contributed by atoms with Gasteiger partial charge in [0.2, 0.25) is 10.0 Å². The third-order valence-electron chi connectivity index (χ3n) is 4.15. The number of benzene rings is 1. The van der Waals surface area contributed by atoms with Crippen LogP contribution in [0.25, 0.3) is 0 Å². The van der Waals surface area contributed by atoms with Crippen LogP contribution >= 0.6 is 0 Å². The Balaban J connectivity index is 2.14. The van der Waals surface area contributed by atoms with Crippen LogP contribution in [0.5, 0.6) is 11.5 Å². The molecular formula is C16H23NO4S. The molecule has 0 unspecified atom stereocenters. The molecule has 1 aromatic carbocycles. The Hall–Kier alpha value is -1.27. The highest BCUT2D eigenvalue weighted by Gasteiger charge is 2.36. The third kappa shape index (κ3) is 2.48. The van der Waals surface area contributed by atoms with Crippen molar-refractivity contribution >= 4 is 10.0 Å². The van der Waals surface area contributed by atoms with Crippen molar-refractivity contribution in [2.75, 3.05) is 26.3 Å². The maximum absolute atomic E-state index is 13.2. The molecule has 2 aliphatic rings. The van der Waals surface area contributed by atoms with E-state index < -0.39 is 10.0 Å². The van der Waals surface area contributed by atoms with Crippen LogP contribution < -0.4 is 9.47 Å². The predicted octanol–water partition coefficient (Wildman–Crippen LogP) is 2.37. The maximum atomic E-state index is 13.2. The summed E-state index contributed by atoms with van der Waals surface area (Å²) in [5, 5.41) is 0. The van der Waals surface area contributed by atoms with Gasteiger partial charge in [0.25, 0.3) is 0 Å². The van der Waals surface area contributed by atoms with Gasteiger partial charge in [-0.1, -0.05) is 13.8 Å². The van der Waals surface area contributed by atoms with E-state index in [0.29, 0.717) is 43.4 Å². The lowest BCUT2D eigenvalue weighted by atomic mass is 10.1. The number of rotatable bonds is 6. The second kappa shape index (κ2) is 6.08. The van der Waals surface area contributed by atoms with Gasteiger partial charge in [0, 0.05) is 37.1 Å². The molecule has 5 nitrogen and oxygen atoms in total. The fraction of sp³-hybridized carbons (Fsp3) is 0.625. The molecule has 3 rings (SSSR count). The molecule has 0 saturated carbocycles. The SMILES string of the molecule is CCCN(CCC)S(=O)(=O)c1c2c(cc3c1OCC3)OCC2. The molecule has 2 aliphatic heterocycles. The average Bonchev–Trinajstić information content (AvgIpc) is 3.11. The molecule has 0 N–H and O–H groups in total. The zero-order valence-electron chi connectivity index (χ0n) is 13.2. The maximum Gasteiger partial charge on any atom is 0.247 e. The smallest absolute Gasteiger partial charge is 0.247 e. The van der Waals surface area contributed by atoms with Gasteiger partial charge in [-0.2, -0.15) is 4.31 Å². The molecule has 0 saturated heterocycles. The Bertz CT molecular complexity index is 631. The molecule has 0 fully saturated rings. The van der Waals surface area contributed by atoms with E-state index in [4.69, 9.17) is 9.47 Å². The molecule has 1 aromatic rings. The minimum atomic E-state index is -3.55. The number of hydrogen-bond acceptors (Lipinski definition) is 4. The summed E-state index contributed by atoms with van der Waals surface area (Å²) in [7, 11) is -3.55. The topological polar surface area (TPSA) is 55.8 Å². The third-order valence-corrected chi connectivity index (χ3v) is 6.14. The summed E-state index contributed by atoms with van der Waals surface area (Å²) in [5.41, 5.74) is 1.74. The molecule has 0 aromatic heterocycles. The molecule has 6 heteroatoms. The van der Waals surface area contributed by atoms with E-state index in [2.05, 4.69) is 0 Å². The number of ether oxygens (including phenoxy) is 2. The van der Waals surface area contributed by atoms with Gasteiger partial charge < -0.3 is 9.47 Å². The normalized spacial score (nSPS) is 16.3. The first-order valence-electron chi connectivity index (χ1n) is 8.04. The zero-order chi connectivity index (χ0) is 15.7. The summed E-state index contributed by atoms with van der Waals surface area (Å²) >= 11 is 0. The van der Waals surface area contributed by atoms with Crippen LogP contribution in [0.2, 0.25) is 0 Å². The highest BCUT2D eigenvalue weighted by atomic mass is 32.2. The highest BCUT2D eigenvalue weighted by molar-refractivity contribution is 7.89. The Labute approximate surface area is 132 Å². The van der Waals surface area contributed by atoms with Gasteiger partial charge >= 0.3 is 0 Å².